The van der Waals surface area contributed by atoms with Crippen LogP contribution in [-0.2, 0) is 48.0 Å². The summed E-state index contributed by atoms with van der Waals surface area (Å²) in [5.41, 5.74) is 7.57. The quantitative estimate of drug-likeness (QED) is 0.106. The van der Waals surface area contributed by atoms with E-state index in [9.17, 15) is 29.2 Å². The van der Waals surface area contributed by atoms with Crippen molar-refractivity contribution in [1.82, 2.24) is 54.9 Å². The van der Waals surface area contributed by atoms with E-state index in [1.54, 1.807) is 29.3 Å². The van der Waals surface area contributed by atoms with Crippen molar-refractivity contribution < 1.29 is 37.9 Å². The zero-order valence-corrected chi connectivity index (χ0v) is 42.7. The van der Waals surface area contributed by atoms with Crippen molar-refractivity contribution in [2.45, 2.75) is 118 Å². The van der Waals surface area contributed by atoms with Crippen LogP contribution in [0.15, 0.2) is 53.5 Å². The molecule has 0 aliphatic carbocycles. The molecule has 8 rings (SSSR count). The topological polar surface area (TPSA) is 236 Å². The minimum atomic E-state index is -1.10. The lowest BCUT2D eigenvalue weighted by Gasteiger charge is -2.46. The van der Waals surface area contributed by atoms with Crippen LogP contribution in [-0.4, -0.2) is 132 Å². The Morgan fingerprint density at radius 3 is 2.58 bits per heavy atom. The molecule has 7 heterocycles. The molecule has 5 unspecified atom stereocenters. The standard InChI is InChI=1S/C52H66N12O8/c1-10-60-40-16-15-33(20-36(40)37(23-51(5,6)28-71-30-65)46(60)35-14-13-17-54-44(35)32(4)70-9)41-25-55-43(72-41)21-39(49(68)63-19-12-11-18-57-63)58-47(66)45(31(2)3)61-26-34-22-52(7,8)62(27-38(34)48(61)67)50(69)64-29-56-42(24-53)59-64/h13-17,20,25,29-32,34,38-39,45,57H,10-12,18-19,21-23,26-28H2,1-9H3,(H,58,66). The molecule has 4 aromatic heterocycles. The van der Waals surface area contributed by atoms with Gasteiger partial charge in [-0.15, -0.1) is 5.10 Å². The first-order valence-corrected chi connectivity index (χ1v) is 24.8. The largest absolute Gasteiger partial charge is 0.467 e. The van der Waals surface area contributed by atoms with E-state index in [-0.39, 0.29) is 61.0 Å². The Bertz CT molecular complexity index is 2870. The lowest BCUT2D eigenvalue weighted by molar-refractivity contribution is -0.144. The molecule has 0 radical (unpaired) electrons. The van der Waals surface area contributed by atoms with Gasteiger partial charge in [-0.05, 0) is 101 Å². The fourth-order valence-corrected chi connectivity index (χ4v) is 10.9. The maximum absolute atomic E-state index is 14.7. The third-order valence-electron chi connectivity index (χ3n) is 14.4. The highest BCUT2D eigenvalue weighted by Crippen LogP contribution is 2.43. The minimum Gasteiger partial charge on any atom is -0.467 e. The number of pyridine rings is 1. The van der Waals surface area contributed by atoms with E-state index in [2.05, 4.69) is 69.3 Å². The third-order valence-corrected chi connectivity index (χ3v) is 14.4. The van der Waals surface area contributed by atoms with Crippen LogP contribution in [0, 0.1) is 34.5 Å². The summed E-state index contributed by atoms with van der Waals surface area (Å²) >= 11 is 0. The maximum atomic E-state index is 14.7. The normalized spacial score (nSPS) is 19.2. The van der Waals surface area contributed by atoms with Crippen LogP contribution in [0.2, 0.25) is 0 Å². The SMILES string of the molecule is CCn1c(-c2cccnc2C(C)OC)c(CC(C)(C)COC=O)c2cc(-c3cnc(CC(NC(=O)C(C(C)C)N4CC5CC(C)(C)N(C(=O)n6cnc(C#N)n6)CC5C4=O)C(=O)N4CCCCN4)o3)ccc21. The molecule has 20 nitrogen and oxygen atoms in total. The van der Waals surface area contributed by atoms with Crippen molar-refractivity contribution >= 4 is 41.1 Å². The number of likely N-dealkylation sites (tertiary alicyclic amines) is 2. The second-order valence-corrected chi connectivity index (χ2v) is 20.9. The summed E-state index contributed by atoms with van der Waals surface area (Å²) in [4.78, 5) is 85.1. The first kappa shape index (κ1) is 51.4. The van der Waals surface area contributed by atoms with Crippen LogP contribution in [0.1, 0.15) is 104 Å². The molecule has 1 aromatic carbocycles. The van der Waals surface area contributed by atoms with Crippen molar-refractivity contribution in [2.75, 3.05) is 39.9 Å². The number of nitriles is 1. The number of rotatable bonds is 17. The Hall–Kier alpha value is -6.98. The molecular weight excluding hydrogens is 921 g/mol. The van der Waals surface area contributed by atoms with Crippen molar-refractivity contribution in [3.63, 3.8) is 0 Å². The van der Waals surface area contributed by atoms with Crippen molar-refractivity contribution in [1.29, 1.82) is 5.26 Å². The highest BCUT2D eigenvalue weighted by atomic mass is 16.5. The third kappa shape index (κ3) is 10.2. The Morgan fingerprint density at radius 2 is 1.90 bits per heavy atom. The van der Waals surface area contributed by atoms with Gasteiger partial charge in [0.25, 0.3) is 18.2 Å². The number of fused-ring (bicyclic) bond motifs is 2. The van der Waals surface area contributed by atoms with Gasteiger partial charge in [0.05, 0.1) is 42.6 Å². The van der Waals surface area contributed by atoms with E-state index in [4.69, 9.17) is 18.9 Å². The van der Waals surface area contributed by atoms with Gasteiger partial charge in [-0.3, -0.25) is 29.2 Å². The predicted molar refractivity (Wildman–Crippen MR) is 264 cm³/mol. The highest BCUT2D eigenvalue weighted by Gasteiger charge is 2.53. The number of ether oxygens (including phenoxy) is 2. The van der Waals surface area contributed by atoms with Gasteiger partial charge in [-0.2, -0.15) is 9.94 Å². The number of aryl methyl sites for hydroxylation is 1. The number of aromatic nitrogens is 6. The number of nitrogens with one attached hydrogen (secondary N) is 2. The van der Waals surface area contributed by atoms with Gasteiger partial charge in [-0.1, -0.05) is 27.7 Å². The summed E-state index contributed by atoms with van der Waals surface area (Å²) in [5.74, 6) is -1.58. The van der Waals surface area contributed by atoms with E-state index in [1.807, 2.05) is 52.8 Å². The molecule has 4 amide bonds. The average Bonchev–Trinajstić information content (AvgIpc) is 4.17. The van der Waals surface area contributed by atoms with Crippen LogP contribution in [0.3, 0.4) is 0 Å². The van der Waals surface area contributed by atoms with Crippen molar-refractivity contribution in [2.24, 2.45) is 23.2 Å². The van der Waals surface area contributed by atoms with Gasteiger partial charge >= 0.3 is 6.03 Å². The van der Waals surface area contributed by atoms with Gasteiger partial charge < -0.3 is 33.6 Å². The molecule has 5 atom stereocenters. The molecule has 0 spiro atoms. The Kier molecular flexibility index (Phi) is 15.0. The molecule has 3 aliphatic heterocycles. The van der Waals surface area contributed by atoms with Crippen molar-refractivity contribution in [3.8, 4) is 28.7 Å². The van der Waals surface area contributed by atoms with Crippen LogP contribution < -0.4 is 10.7 Å². The number of methoxy groups -OCH3 is 1. The van der Waals surface area contributed by atoms with Gasteiger partial charge in [0.2, 0.25) is 11.8 Å². The molecule has 3 fully saturated rings. The zero-order chi connectivity index (χ0) is 51.6. The smallest absolute Gasteiger partial charge is 0.346 e. The molecule has 3 saturated heterocycles. The van der Waals surface area contributed by atoms with Crippen LogP contribution in [0.4, 0.5) is 4.79 Å². The van der Waals surface area contributed by atoms with Gasteiger partial charge in [-0.25, -0.2) is 20.2 Å². The summed E-state index contributed by atoms with van der Waals surface area (Å²) in [6.45, 7) is 18.6. The van der Waals surface area contributed by atoms with Gasteiger partial charge in [0.15, 0.2) is 11.7 Å². The maximum Gasteiger partial charge on any atom is 0.346 e. The van der Waals surface area contributed by atoms with Crippen LogP contribution in [0.5, 0.6) is 0 Å². The number of carbonyl (C=O) groups is 5. The lowest BCUT2D eigenvalue weighted by atomic mass is 9.78. The summed E-state index contributed by atoms with van der Waals surface area (Å²) in [7, 11) is 1.66. The molecule has 3 aliphatic rings. The second kappa shape index (κ2) is 21.0. The Balaban J connectivity index is 1.08. The number of benzene rings is 1. The average molecular weight is 987 g/mol. The van der Waals surface area contributed by atoms with E-state index in [1.165, 1.54) is 11.3 Å². The van der Waals surface area contributed by atoms with Crippen molar-refractivity contribution in [3.05, 3.63) is 72.0 Å². The highest BCUT2D eigenvalue weighted by molar-refractivity contribution is 5.96. The lowest BCUT2D eigenvalue weighted by Crippen LogP contribution is -2.59. The fraction of sp³-hybridized carbons (Fsp3) is 0.538. The van der Waals surface area contributed by atoms with E-state index in [0.29, 0.717) is 51.3 Å². The molecule has 382 valence electrons. The molecule has 2 N–H and O–H groups in total. The summed E-state index contributed by atoms with van der Waals surface area (Å²) in [6, 6.07) is 9.40. The molecule has 20 heteroatoms. The van der Waals surface area contributed by atoms with Crippen LogP contribution in [0.25, 0.3) is 33.5 Å². The molecule has 0 saturated carbocycles. The monoisotopic (exact) mass is 987 g/mol. The van der Waals surface area contributed by atoms with Gasteiger partial charge in [0.1, 0.15) is 24.5 Å². The zero-order valence-electron chi connectivity index (χ0n) is 42.7. The Morgan fingerprint density at radius 1 is 1.11 bits per heavy atom. The first-order chi connectivity index (χ1) is 34.4. The first-order valence-electron chi connectivity index (χ1n) is 24.8. The number of hydrogen-bond acceptors (Lipinski definition) is 14. The summed E-state index contributed by atoms with van der Waals surface area (Å²) < 4.78 is 20.9. The summed E-state index contributed by atoms with van der Waals surface area (Å²) in [6.07, 6.45) is 6.96. The minimum absolute atomic E-state index is 0.0654. The predicted octanol–water partition coefficient (Wildman–Crippen LogP) is 5.70. The Labute approximate surface area is 419 Å². The number of piperidine rings is 1. The number of nitrogens with zero attached hydrogens (tertiary/aromatic N) is 10. The number of amides is 4. The number of hydrogen-bond donors (Lipinski definition) is 2. The number of oxazole rings is 1. The van der Waals surface area contributed by atoms with E-state index in [0.717, 1.165) is 56.5 Å². The molecular formula is C52H66N12O8. The number of carbonyl (C=O) groups excluding carboxylic acids is 5. The molecule has 72 heavy (non-hydrogen) atoms. The second-order valence-electron chi connectivity index (χ2n) is 20.9. The van der Waals surface area contributed by atoms with Crippen LogP contribution >= 0.6 is 0 Å². The van der Waals surface area contributed by atoms with Gasteiger partial charge in [0, 0.05) is 79.0 Å². The number of hydrazine groups is 1. The van der Waals surface area contributed by atoms with E-state index >= 15 is 0 Å². The fourth-order valence-electron chi connectivity index (χ4n) is 10.9. The molecule has 5 aromatic rings. The van der Waals surface area contributed by atoms with E-state index < -0.39 is 40.9 Å². The molecule has 0 bridgehead atoms. The summed E-state index contributed by atoms with van der Waals surface area (Å²) in [5, 5.41) is 18.8.